The zero-order valence-corrected chi connectivity index (χ0v) is 8.91. The molecule has 0 aliphatic rings. The Labute approximate surface area is 84.2 Å². The van der Waals surface area contributed by atoms with Gasteiger partial charge in [-0.1, -0.05) is 26.8 Å². The molecule has 1 atom stereocenters. The van der Waals surface area contributed by atoms with Crippen LogP contribution in [-0.4, -0.2) is 22.2 Å². The molecule has 0 radical (unpaired) electrons. The van der Waals surface area contributed by atoms with Gasteiger partial charge in [-0.3, -0.25) is 0 Å². The molecule has 14 heavy (non-hydrogen) atoms. The van der Waals surface area contributed by atoms with Crippen LogP contribution in [0.1, 0.15) is 33.6 Å². The molecule has 82 valence electrons. The summed E-state index contributed by atoms with van der Waals surface area (Å²) in [6.45, 7) is 8.55. The number of ether oxygens (including phenoxy) is 1. The highest BCUT2D eigenvalue weighted by Crippen LogP contribution is 2.19. The fourth-order valence-corrected chi connectivity index (χ4v) is 0.876. The first-order valence-electron chi connectivity index (χ1n) is 4.62. The van der Waals surface area contributed by atoms with Crippen LogP contribution in [0.2, 0.25) is 0 Å². The summed E-state index contributed by atoms with van der Waals surface area (Å²) in [5.74, 6) is -3.10. The third-order valence-corrected chi connectivity index (χ3v) is 1.92. The van der Waals surface area contributed by atoms with Gasteiger partial charge in [-0.25, -0.2) is 4.79 Å². The van der Waals surface area contributed by atoms with Gasteiger partial charge in [0.15, 0.2) is 0 Å². The summed E-state index contributed by atoms with van der Waals surface area (Å²) >= 11 is 0. The molecule has 2 N–H and O–H groups in total. The predicted molar refractivity (Wildman–Crippen MR) is 52.1 cm³/mol. The minimum absolute atomic E-state index is 0.00250. The Morgan fingerprint density at radius 2 is 2.07 bits per heavy atom. The first-order valence-corrected chi connectivity index (χ1v) is 4.62. The molecule has 0 saturated carbocycles. The van der Waals surface area contributed by atoms with Gasteiger partial charge in [0.2, 0.25) is 0 Å². The third-order valence-electron chi connectivity index (χ3n) is 1.92. The van der Waals surface area contributed by atoms with Crippen molar-refractivity contribution < 1.29 is 19.7 Å². The first-order chi connectivity index (χ1) is 6.28. The molecule has 0 aromatic carbocycles. The van der Waals surface area contributed by atoms with Gasteiger partial charge >= 0.3 is 11.9 Å². The zero-order valence-electron chi connectivity index (χ0n) is 8.91. The van der Waals surface area contributed by atoms with E-state index in [1.165, 1.54) is 6.92 Å². The van der Waals surface area contributed by atoms with Crippen molar-refractivity contribution in [3.8, 4) is 0 Å². The first kappa shape index (κ1) is 13.1. The molecule has 0 bridgehead atoms. The molecule has 0 fully saturated rings. The highest BCUT2D eigenvalue weighted by Gasteiger charge is 2.30. The van der Waals surface area contributed by atoms with Crippen LogP contribution in [0.4, 0.5) is 0 Å². The van der Waals surface area contributed by atoms with Crippen molar-refractivity contribution in [3.05, 3.63) is 12.2 Å². The van der Waals surface area contributed by atoms with Crippen molar-refractivity contribution >= 4 is 5.97 Å². The highest BCUT2D eigenvalue weighted by molar-refractivity contribution is 5.87. The quantitative estimate of drug-likeness (QED) is 0.399. The van der Waals surface area contributed by atoms with Crippen LogP contribution in [0.5, 0.6) is 0 Å². The number of aliphatic hydroxyl groups is 2. The van der Waals surface area contributed by atoms with Gasteiger partial charge < -0.3 is 14.9 Å². The summed E-state index contributed by atoms with van der Waals surface area (Å²) in [4.78, 5) is 11.0. The Hall–Kier alpha value is -0.870. The lowest BCUT2D eigenvalue weighted by molar-refractivity contribution is -0.324. The second-order valence-corrected chi connectivity index (χ2v) is 3.63. The topological polar surface area (TPSA) is 66.8 Å². The van der Waals surface area contributed by atoms with Crippen molar-refractivity contribution in [1.82, 2.24) is 0 Å². The van der Waals surface area contributed by atoms with E-state index in [2.05, 4.69) is 11.3 Å². The fourth-order valence-electron chi connectivity index (χ4n) is 0.876. The van der Waals surface area contributed by atoms with Gasteiger partial charge in [0.05, 0.1) is 0 Å². The van der Waals surface area contributed by atoms with E-state index >= 15 is 0 Å². The van der Waals surface area contributed by atoms with Crippen molar-refractivity contribution in [2.45, 2.75) is 39.6 Å². The normalized spacial score (nSPS) is 13.5. The van der Waals surface area contributed by atoms with Crippen molar-refractivity contribution in [2.75, 3.05) is 0 Å². The number of carbonyl (C=O) groups is 1. The number of hydrogen-bond acceptors (Lipinski definition) is 4. The van der Waals surface area contributed by atoms with Crippen LogP contribution in [0.25, 0.3) is 0 Å². The van der Waals surface area contributed by atoms with Gasteiger partial charge in [-0.2, -0.15) is 0 Å². The molecule has 0 aliphatic carbocycles. The van der Waals surface area contributed by atoms with E-state index in [9.17, 15) is 15.0 Å². The van der Waals surface area contributed by atoms with Gasteiger partial charge in [0.25, 0.3) is 0 Å². The van der Waals surface area contributed by atoms with Gasteiger partial charge in [-0.15, -0.1) is 0 Å². The fraction of sp³-hybridized carbons (Fsp3) is 0.700. The van der Waals surface area contributed by atoms with Crippen LogP contribution in [0.3, 0.4) is 0 Å². The number of esters is 1. The Morgan fingerprint density at radius 1 is 1.57 bits per heavy atom. The van der Waals surface area contributed by atoms with Crippen molar-refractivity contribution in [1.29, 1.82) is 0 Å². The third kappa shape index (κ3) is 4.99. The minimum atomic E-state index is -2.38. The lowest BCUT2D eigenvalue weighted by Gasteiger charge is -2.24. The molecule has 0 amide bonds. The molecule has 0 aromatic heterocycles. The predicted octanol–water partition coefficient (Wildman–Crippen LogP) is 1.18. The second-order valence-electron chi connectivity index (χ2n) is 3.63. The van der Waals surface area contributed by atoms with Crippen LogP contribution in [0, 0.1) is 5.92 Å². The smallest absolute Gasteiger partial charge is 0.337 e. The molecule has 0 aromatic rings. The molecule has 0 spiro atoms. The standard InChI is InChI=1S/C10H18O4/c1-5-8(4)6-10(12,13)14-9(11)7(2)3/h8,12-13H,2,5-6H2,1,3-4H3. The highest BCUT2D eigenvalue weighted by atomic mass is 16.8. The molecule has 1 unspecified atom stereocenters. The Morgan fingerprint density at radius 3 is 2.43 bits per heavy atom. The van der Waals surface area contributed by atoms with Gasteiger partial charge in [-0.05, 0) is 12.8 Å². The van der Waals surface area contributed by atoms with E-state index in [4.69, 9.17) is 0 Å². The van der Waals surface area contributed by atoms with E-state index in [1.54, 1.807) is 0 Å². The lowest BCUT2D eigenvalue weighted by Crippen LogP contribution is -2.36. The zero-order chi connectivity index (χ0) is 11.4. The van der Waals surface area contributed by atoms with Gasteiger partial charge in [0.1, 0.15) is 0 Å². The Kier molecular flexibility index (Phi) is 4.80. The van der Waals surface area contributed by atoms with Crippen molar-refractivity contribution in [3.63, 3.8) is 0 Å². The maximum absolute atomic E-state index is 11.0. The summed E-state index contributed by atoms with van der Waals surface area (Å²) in [6.07, 6.45) is 0.788. The molecule has 0 rings (SSSR count). The SMILES string of the molecule is C=C(C)C(=O)OC(O)(O)CC(C)CC. The van der Waals surface area contributed by atoms with Crippen LogP contribution < -0.4 is 0 Å². The van der Waals surface area contributed by atoms with Crippen molar-refractivity contribution in [2.24, 2.45) is 5.92 Å². The minimum Gasteiger partial charge on any atom is -0.405 e. The van der Waals surface area contributed by atoms with Crippen LogP contribution in [0.15, 0.2) is 12.2 Å². The maximum atomic E-state index is 11.0. The number of hydrogen-bond donors (Lipinski definition) is 2. The average molecular weight is 202 g/mol. The molecular formula is C10H18O4. The second kappa shape index (κ2) is 5.12. The molecule has 0 saturated heterocycles. The van der Waals surface area contributed by atoms with Crippen LogP contribution in [-0.2, 0) is 9.53 Å². The largest absolute Gasteiger partial charge is 0.405 e. The summed E-state index contributed by atoms with van der Waals surface area (Å²) in [7, 11) is 0. The molecule has 0 aliphatic heterocycles. The molecule has 0 heterocycles. The van der Waals surface area contributed by atoms with E-state index in [-0.39, 0.29) is 17.9 Å². The Balaban J connectivity index is 4.19. The maximum Gasteiger partial charge on any atom is 0.337 e. The average Bonchev–Trinajstić information content (AvgIpc) is 2.02. The summed E-state index contributed by atoms with van der Waals surface area (Å²) in [6, 6.07) is 0. The number of carbonyl (C=O) groups excluding carboxylic acids is 1. The van der Waals surface area contributed by atoms with E-state index in [1.807, 2.05) is 13.8 Å². The molecule has 4 heteroatoms. The monoisotopic (exact) mass is 202 g/mol. The molecular weight excluding hydrogens is 184 g/mol. The van der Waals surface area contributed by atoms with E-state index in [0.29, 0.717) is 0 Å². The number of rotatable bonds is 5. The molecule has 4 nitrogen and oxygen atoms in total. The van der Waals surface area contributed by atoms with E-state index < -0.39 is 11.9 Å². The summed E-state index contributed by atoms with van der Waals surface area (Å²) < 4.78 is 4.44. The summed E-state index contributed by atoms with van der Waals surface area (Å²) in [5, 5.41) is 18.6. The van der Waals surface area contributed by atoms with Crippen LogP contribution >= 0.6 is 0 Å². The van der Waals surface area contributed by atoms with E-state index in [0.717, 1.165) is 6.42 Å². The van der Waals surface area contributed by atoms with Gasteiger partial charge in [0, 0.05) is 12.0 Å². The lowest BCUT2D eigenvalue weighted by atomic mass is 10.0. The summed E-state index contributed by atoms with van der Waals surface area (Å²) in [5.41, 5.74) is 0.140. The Bertz CT molecular complexity index is 220.